The van der Waals surface area contributed by atoms with Crippen LogP contribution in [0.5, 0.6) is 0 Å². The lowest BCUT2D eigenvalue weighted by molar-refractivity contribution is 0.556. The Morgan fingerprint density at radius 2 is 1.32 bits per heavy atom. The summed E-state index contributed by atoms with van der Waals surface area (Å²) in [6, 6.07) is 4.16. The molecule has 0 fully saturated rings. The van der Waals surface area contributed by atoms with Crippen molar-refractivity contribution in [2.24, 2.45) is 0 Å². The van der Waals surface area contributed by atoms with Gasteiger partial charge in [0.05, 0.1) is 0 Å². The largest absolute Gasteiger partial charge is 0.265 e. The molecule has 0 atom stereocenters. The van der Waals surface area contributed by atoms with Crippen LogP contribution in [0, 0.1) is 6.42 Å². The number of rotatable bonds is 12. The van der Waals surface area contributed by atoms with Crippen molar-refractivity contribution in [3.05, 3.63) is 36.5 Å². The monoisotopic (exact) mass is 260 g/mol. The Bertz CT molecular complexity index is 281. The summed E-state index contributed by atoms with van der Waals surface area (Å²) in [5.41, 5.74) is 1.31. The molecule has 1 heterocycles. The highest BCUT2D eigenvalue weighted by Crippen LogP contribution is 2.13. The molecule has 0 saturated carbocycles. The van der Waals surface area contributed by atoms with Crippen LogP contribution in [0.4, 0.5) is 0 Å². The third-order valence-electron chi connectivity index (χ3n) is 3.64. The van der Waals surface area contributed by atoms with Gasteiger partial charge in [0.2, 0.25) is 0 Å². The van der Waals surface area contributed by atoms with Crippen molar-refractivity contribution >= 4 is 0 Å². The number of pyridine rings is 1. The first kappa shape index (κ1) is 16.2. The van der Waals surface area contributed by atoms with Gasteiger partial charge in [-0.3, -0.25) is 4.98 Å². The van der Waals surface area contributed by atoms with Crippen LogP contribution < -0.4 is 0 Å². The van der Waals surface area contributed by atoms with Gasteiger partial charge in [0, 0.05) is 12.4 Å². The molecule has 0 aromatic carbocycles. The summed E-state index contributed by atoms with van der Waals surface area (Å²) in [6.07, 6.45) is 21.4. The number of hydrogen-bond acceptors (Lipinski definition) is 1. The SMILES string of the molecule is CCCCCCCCCCCC[CH]c1ccncc1. The zero-order valence-electron chi connectivity index (χ0n) is 12.6. The molecule has 1 aromatic rings. The number of aromatic nitrogens is 1. The molecule has 0 aliphatic carbocycles. The summed E-state index contributed by atoms with van der Waals surface area (Å²) in [6.45, 7) is 2.28. The molecule has 1 nitrogen and oxygen atoms in total. The van der Waals surface area contributed by atoms with Crippen LogP contribution in [-0.4, -0.2) is 4.98 Å². The molecule has 107 valence electrons. The van der Waals surface area contributed by atoms with Crippen molar-refractivity contribution < 1.29 is 0 Å². The smallest absolute Gasteiger partial charge is 0.0270 e. The topological polar surface area (TPSA) is 12.9 Å². The quantitative estimate of drug-likeness (QED) is 0.423. The van der Waals surface area contributed by atoms with Crippen LogP contribution in [0.25, 0.3) is 0 Å². The predicted molar refractivity (Wildman–Crippen MR) is 84.1 cm³/mol. The average Bonchev–Trinajstić information content (AvgIpc) is 2.46. The maximum atomic E-state index is 4.03. The summed E-state index contributed by atoms with van der Waals surface area (Å²) in [5, 5.41) is 0. The number of hydrogen-bond donors (Lipinski definition) is 0. The molecule has 0 amide bonds. The standard InChI is InChI=1S/C18H30N/c1-2-3-4-5-6-7-8-9-10-11-12-13-18-14-16-19-17-15-18/h13-17H,2-12H2,1H3. The Kier molecular flexibility index (Phi) is 10.4. The summed E-state index contributed by atoms with van der Waals surface area (Å²) in [4.78, 5) is 4.03. The van der Waals surface area contributed by atoms with Crippen LogP contribution in [0.3, 0.4) is 0 Å². The van der Waals surface area contributed by atoms with E-state index in [1.807, 2.05) is 12.4 Å². The number of unbranched alkanes of at least 4 members (excludes halogenated alkanes) is 10. The maximum absolute atomic E-state index is 4.03. The van der Waals surface area contributed by atoms with Gasteiger partial charge in [-0.1, -0.05) is 71.1 Å². The van der Waals surface area contributed by atoms with Crippen LogP contribution in [-0.2, 0) is 0 Å². The fourth-order valence-electron chi connectivity index (χ4n) is 2.40. The van der Waals surface area contributed by atoms with Gasteiger partial charge in [0.1, 0.15) is 0 Å². The van der Waals surface area contributed by atoms with Crippen LogP contribution >= 0.6 is 0 Å². The second-order valence-corrected chi connectivity index (χ2v) is 5.46. The van der Waals surface area contributed by atoms with Crippen molar-refractivity contribution in [1.29, 1.82) is 0 Å². The Labute approximate surface area is 119 Å². The van der Waals surface area contributed by atoms with Gasteiger partial charge >= 0.3 is 0 Å². The molecule has 0 aliphatic rings. The van der Waals surface area contributed by atoms with Crippen molar-refractivity contribution in [3.8, 4) is 0 Å². The highest BCUT2D eigenvalue weighted by molar-refractivity contribution is 5.18. The molecule has 0 N–H and O–H groups in total. The van der Waals surface area contributed by atoms with Gasteiger partial charge in [-0.15, -0.1) is 0 Å². The van der Waals surface area contributed by atoms with Crippen LogP contribution in [0.1, 0.15) is 83.1 Å². The Balaban J connectivity index is 1.79. The Hall–Kier alpha value is -0.850. The van der Waals surface area contributed by atoms with Gasteiger partial charge in [-0.25, -0.2) is 0 Å². The van der Waals surface area contributed by atoms with E-state index in [0.717, 1.165) is 0 Å². The maximum Gasteiger partial charge on any atom is 0.0270 e. The molecule has 0 aliphatic heterocycles. The minimum absolute atomic E-state index is 1.21. The zero-order chi connectivity index (χ0) is 13.6. The third-order valence-corrected chi connectivity index (χ3v) is 3.64. The molecule has 0 bridgehead atoms. The van der Waals surface area contributed by atoms with E-state index in [2.05, 4.69) is 30.5 Å². The van der Waals surface area contributed by atoms with Crippen molar-refractivity contribution in [2.75, 3.05) is 0 Å². The molecule has 1 rings (SSSR count). The first-order valence-electron chi connectivity index (χ1n) is 8.16. The average molecular weight is 260 g/mol. The molecular formula is C18H30N. The van der Waals surface area contributed by atoms with E-state index in [1.165, 1.54) is 76.2 Å². The lowest BCUT2D eigenvalue weighted by Crippen LogP contribution is -1.85. The summed E-state index contributed by atoms with van der Waals surface area (Å²) in [5.74, 6) is 0. The van der Waals surface area contributed by atoms with E-state index >= 15 is 0 Å². The Morgan fingerprint density at radius 3 is 1.89 bits per heavy atom. The highest BCUT2D eigenvalue weighted by atomic mass is 14.6. The van der Waals surface area contributed by atoms with Crippen LogP contribution in [0.2, 0.25) is 0 Å². The van der Waals surface area contributed by atoms with Gasteiger partial charge < -0.3 is 0 Å². The second-order valence-electron chi connectivity index (χ2n) is 5.46. The van der Waals surface area contributed by atoms with E-state index < -0.39 is 0 Å². The third kappa shape index (κ3) is 9.69. The lowest BCUT2D eigenvalue weighted by Gasteiger charge is -2.02. The molecule has 1 aromatic heterocycles. The first-order valence-corrected chi connectivity index (χ1v) is 8.16. The summed E-state index contributed by atoms with van der Waals surface area (Å²) in [7, 11) is 0. The van der Waals surface area contributed by atoms with E-state index in [9.17, 15) is 0 Å². The van der Waals surface area contributed by atoms with E-state index in [0.29, 0.717) is 0 Å². The summed E-state index contributed by atoms with van der Waals surface area (Å²) < 4.78 is 0. The molecule has 0 spiro atoms. The fraction of sp³-hybridized carbons (Fsp3) is 0.667. The minimum atomic E-state index is 1.21. The second kappa shape index (κ2) is 12.2. The first-order chi connectivity index (χ1) is 9.43. The molecule has 0 unspecified atom stereocenters. The van der Waals surface area contributed by atoms with Crippen molar-refractivity contribution in [2.45, 2.75) is 77.6 Å². The predicted octanol–water partition coefficient (Wildman–Crippen LogP) is 5.94. The Morgan fingerprint density at radius 1 is 0.789 bits per heavy atom. The minimum Gasteiger partial charge on any atom is -0.265 e. The molecule has 19 heavy (non-hydrogen) atoms. The van der Waals surface area contributed by atoms with Gasteiger partial charge in [-0.2, -0.15) is 0 Å². The molecule has 1 radical (unpaired) electrons. The van der Waals surface area contributed by atoms with Gasteiger partial charge in [-0.05, 0) is 30.5 Å². The van der Waals surface area contributed by atoms with E-state index in [-0.39, 0.29) is 0 Å². The zero-order valence-corrected chi connectivity index (χ0v) is 12.6. The molecular weight excluding hydrogens is 230 g/mol. The molecule has 0 saturated heterocycles. The van der Waals surface area contributed by atoms with Crippen molar-refractivity contribution in [1.82, 2.24) is 4.98 Å². The van der Waals surface area contributed by atoms with Gasteiger partial charge in [0.25, 0.3) is 0 Å². The fourth-order valence-corrected chi connectivity index (χ4v) is 2.40. The highest BCUT2D eigenvalue weighted by Gasteiger charge is 1.95. The normalized spacial score (nSPS) is 10.8. The van der Waals surface area contributed by atoms with Gasteiger partial charge in [0.15, 0.2) is 0 Å². The lowest BCUT2D eigenvalue weighted by atomic mass is 10.0. The number of nitrogens with zero attached hydrogens (tertiary/aromatic N) is 1. The van der Waals surface area contributed by atoms with Crippen LogP contribution in [0.15, 0.2) is 24.5 Å². The van der Waals surface area contributed by atoms with E-state index in [4.69, 9.17) is 0 Å². The van der Waals surface area contributed by atoms with E-state index in [1.54, 1.807) is 0 Å². The summed E-state index contributed by atoms with van der Waals surface area (Å²) >= 11 is 0. The molecule has 1 heteroatoms. The van der Waals surface area contributed by atoms with Crippen molar-refractivity contribution in [3.63, 3.8) is 0 Å².